The Kier molecular flexibility index (Phi) is 3.80. The van der Waals surface area contributed by atoms with Gasteiger partial charge in [-0.15, -0.1) is 0 Å². The van der Waals surface area contributed by atoms with E-state index in [0.717, 1.165) is 11.3 Å². The number of ether oxygens (including phenoxy) is 2. The summed E-state index contributed by atoms with van der Waals surface area (Å²) in [5, 5.41) is 7.01. The molecule has 1 saturated heterocycles. The molecule has 3 amide bonds. The molecule has 3 aromatic rings. The summed E-state index contributed by atoms with van der Waals surface area (Å²) in [6, 6.07) is 14.2. The van der Waals surface area contributed by atoms with Gasteiger partial charge in [0.1, 0.15) is 5.54 Å². The number of nitrogens with zero attached hydrogens (tertiary/aromatic N) is 3. The van der Waals surface area contributed by atoms with Gasteiger partial charge in [-0.1, -0.05) is 18.2 Å². The van der Waals surface area contributed by atoms with E-state index in [-0.39, 0.29) is 19.2 Å². The number of hydrogen-bond donors (Lipinski definition) is 1. The van der Waals surface area contributed by atoms with E-state index < -0.39 is 11.6 Å². The topological polar surface area (TPSA) is 85.7 Å². The average molecular weight is 390 g/mol. The summed E-state index contributed by atoms with van der Waals surface area (Å²) in [7, 11) is 0. The summed E-state index contributed by atoms with van der Waals surface area (Å²) in [6.07, 6.45) is 3.56. The van der Waals surface area contributed by atoms with Crippen molar-refractivity contribution in [3.63, 3.8) is 0 Å². The second kappa shape index (κ2) is 6.37. The van der Waals surface area contributed by atoms with E-state index in [0.29, 0.717) is 17.1 Å². The molecule has 0 spiro atoms. The fraction of sp³-hybridized carbons (Fsp3) is 0.190. The maximum atomic E-state index is 13.2. The Balaban J connectivity index is 1.38. The van der Waals surface area contributed by atoms with Crippen molar-refractivity contribution >= 4 is 11.9 Å². The van der Waals surface area contributed by atoms with Gasteiger partial charge in [-0.3, -0.25) is 9.69 Å². The van der Waals surface area contributed by atoms with Crippen LogP contribution in [0.25, 0.3) is 5.69 Å². The molecule has 8 nitrogen and oxygen atoms in total. The highest BCUT2D eigenvalue weighted by Crippen LogP contribution is 2.38. The van der Waals surface area contributed by atoms with Gasteiger partial charge in [0.05, 0.1) is 12.2 Å². The van der Waals surface area contributed by atoms with Crippen LogP contribution in [0.15, 0.2) is 60.9 Å². The lowest BCUT2D eigenvalue weighted by atomic mass is 9.91. The highest BCUT2D eigenvalue weighted by atomic mass is 16.7. The van der Waals surface area contributed by atoms with Gasteiger partial charge in [0.25, 0.3) is 5.91 Å². The molecule has 0 unspecified atom stereocenters. The van der Waals surface area contributed by atoms with E-state index in [1.165, 1.54) is 4.90 Å². The number of benzene rings is 2. The lowest BCUT2D eigenvalue weighted by Gasteiger charge is -2.22. The van der Waals surface area contributed by atoms with Gasteiger partial charge in [0.15, 0.2) is 11.5 Å². The number of aromatic nitrogens is 2. The van der Waals surface area contributed by atoms with E-state index in [1.54, 1.807) is 36.0 Å². The molecule has 2 aromatic carbocycles. The molecule has 1 N–H and O–H groups in total. The molecule has 1 aromatic heterocycles. The smallest absolute Gasteiger partial charge is 0.325 e. The Hall–Kier alpha value is -3.81. The highest BCUT2D eigenvalue weighted by Gasteiger charge is 2.49. The number of nitrogens with one attached hydrogen (secondary N) is 1. The van der Waals surface area contributed by atoms with Gasteiger partial charge in [-0.2, -0.15) is 5.10 Å². The van der Waals surface area contributed by atoms with Crippen LogP contribution in [0.2, 0.25) is 0 Å². The molecule has 0 bridgehead atoms. The lowest BCUT2D eigenvalue weighted by molar-refractivity contribution is -0.131. The Bertz CT molecular complexity index is 1090. The number of urea groups is 1. The summed E-state index contributed by atoms with van der Waals surface area (Å²) in [5.41, 5.74) is 1.24. The zero-order chi connectivity index (χ0) is 20.0. The number of amides is 3. The van der Waals surface area contributed by atoms with Crippen LogP contribution in [-0.2, 0) is 16.9 Å². The van der Waals surface area contributed by atoms with Crippen molar-refractivity contribution in [3.05, 3.63) is 72.1 Å². The molecule has 0 saturated carbocycles. The van der Waals surface area contributed by atoms with Crippen molar-refractivity contribution in [3.8, 4) is 17.2 Å². The predicted octanol–water partition coefficient (Wildman–Crippen LogP) is 2.57. The molecule has 1 fully saturated rings. The molecule has 3 heterocycles. The summed E-state index contributed by atoms with van der Waals surface area (Å²) in [5.74, 6) is 0.888. The van der Waals surface area contributed by atoms with Gasteiger partial charge in [-0.25, -0.2) is 9.48 Å². The molecule has 0 radical (unpaired) electrons. The number of carbonyl (C=O) groups excluding carboxylic acids is 2. The maximum absolute atomic E-state index is 13.2. The van der Waals surface area contributed by atoms with Crippen molar-refractivity contribution < 1.29 is 19.1 Å². The molecule has 5 rings (SSSR count). The van der Waals surface area contributed by atoms with E-state index in [1.807, 2.05) is 36.5 Å². The molecule has 8 heteroatoms. The van der Waals surface area contributed by atoms with E-state index >= 15 is 0 Å². The summed E-state index contributed by atoms with van der Waals surface area (Å²) in [6.45, 7) is 2.03. The third-order valence-electron chi connectivity index (χ3n) is 5.27. The van der Waals surface area contributed by atoms with Crippen LogP contribution in [0.5, 0.6) is 11.5 Å². The summed E-state index contributed by atoms with van der Waals surface area (Å²) < 4.78 is 12.5. The molecule has 0 aliphatic carbocycles. The van der Waals surface area contributed by atoms with Crippen molar-refractivity contribution in [2.24, 2.45) is 0 Å². The first-order valence-electron chi connectivity index (χ1n) is 9.18. The second-order valence-electron chi connectivity index (χ2n) is 7.13. The molecule has 2 aliphatic rings. The van der Waals surface area contributed by atoms with E-state index in [2.05, 4.69) is 10.4 Å². The molecular weight excluding hydrogens is 372 g/mol. The van der Waals surface area contributed by atoms with Crippen molar-refractivity contribution in [2.75, 3.05) is 6.79 Å². The Morgan fingerprint density at radius 1 is 1.10 bits per heavy atom. The zero-order valence-corrected chi connectivity index (χ0v) is 15.7. The van der Waals surface area contributed by atoms with Crippen molar-refractivity contribution in [1.29, 1.82) is 0 Å². The minimum absolute atomic E-state index is 0.149. The monoisotopic (exact) mass is 390 g/mol. The lowest BCUT2D eigenvalue weighted by Crippen LogP contribution is -2.40. The van der Waals surface area contributed by atoms with Crippen LogP contribution in [0.4, 0.5) is 4.79 Å². The Morgan fingerprint density at radius 2 is 1.90 bits per heavy atom. The van der Waals surface area contributed by atoms with Gasteiger partial charge in [0.2, 0.25) is 6.79 Å². The van der Waals surface area contributed by atoms with Gasteiger partial charge in [-0.05, 0) is 48.4 Å². The first-order valence-corrected chi connectivity index (χ1v) is 9.18. The fourth-order valence-corrected chi connectivity index (χ4v) is 3.60. The number of fused-ring (bicyclic) bond motifs is 1. The maximum Gasteiger partial charge on any atom is 0.325 e. The predicted molar refractivity (Wildman–Crippen MR) is 103 cm³/mol. The molecule has 2 aliphatic heterocycles. The van der Waals surface area contributed by atoms with Crippen molar-refractivity contribution in [1.82, 2.24) is 20.0 Å². The number of carbonyl (C=O) groups is 2. The largest absolute Gasteiger partial charge is 0.454 e. The summed E-state index contributed by atoms with van der Waals surface area (Å²) >= 11 is 0. The van der Waals surface area contributed by atoms with Gasteiger partial charge < -0.3 is 14.8 Å². The number of hydrogen-bond acceptors (Lipinski definition) is 5. The SMILES string of the molecule is C[C@]1(c2ccc3c(c2)OCO3)NC(=O)N(Cc2ccc(-n3cccn3)cc2)C1=O. The van der Waals surface area contributed by atoms with Crippen LogP contribution >= 0.6 is 0 Å². The van der Waals surface area contributed by atoms with Gasteiger partial charge in [0, 0.05) is 12.4 Å². The third kappa shape index (κ3) is 2.80. The Labute approximate surface area is 166 Å². The number of rotatable bonds is 4. The van der Waals surface area contributed by atoms with Crippen LogP contribution < -0.4 is 14.8 Å². The molecule has 29 heavy (non-hydrogen) atoms. The molecule has 1 atom stereocenters. The fourth-order valence-electron chi connectivity index (χ4n) is 3.60. The quantitative estimate of drug-likeness (QED) is 0.692. The first-order chi connectivity index (χ1) is 14.0. The Morgan fingerprint density at radius 3 is 2.66 bits per heavy atom. The highest BCUT2D eigenvalue weighted by molar-refractivity contribution is 6.07. The van der Waals surface area contributed by atoms with Crippen LogP contribution in [0.1, 0.15) is 18.1 Å². The molecule has 146 valence electrons. The van der Waals surface area contributed by atoms with Crippen LogP contribution in [-0.4, -0.2) is 33.4 Å². The van der Waals surface area contributed by atoms with Gasteiger partial charge >= 0.3 is 6.03 Å². The first kappa shape index (κ1) is 17.3. The number of imide groups is 1. The van der Waals surface area contributed by atoms with Crippen LogP contribution in [0.3, 0.4) is 0 Å². The minimum atomic E-state index is -1.16. The normalized spacial score (nSPS) is 20.2. The van der Waals surface area contributed by atoms with E-state index in [9.17, 15) is 9.59 Å². The van der Waals surface area contributed by atoms with Crippen LogP contribution in [0, 0.1) is 0 Å². The standard InChI is InChI=1S/C21H18N4O4/c1-21(15-5-8-17-18(11-15)29-13-28-17)19(26)24(20(27)23-21)12-14-3-6-16(7-4-14)25-10-2-9-22-25/h2-11H,12-13H2,1H3,(H,23,27)/t21-/m1/s1. The molecular formula is C21H18N4O4. The summed E-state index contributed by atoms with van der Waals surface area (Å²) in [4.78, 5) is 27.0. The second-order valence-corrected chi connectivity index (χ2v) is 7.13. The average Bonchev–Trinajstić information content (AvgIpc) is 3.46. The zero-order valence-electron chi connectivity index (χ0n) is 15.7. The minimum Gasteiger partial charge on any atom is -0.454 e. The van der Waals surface area contributed by atoms with E-state index in [4.69, 9.17) is 9.47 Å². The third-order valence-corrected chi connectivity index (χ3v) is 5.27. The van der Waals surface area contributed by atoms with Crippen molar-refractivity contribution in [2.45, 2.75) is 19.0 Å².